The number of ether oxygens (including phenoxy) is 2. The number of hydrogen-bond acceptors (Lipinski definition) is 3. The van der Waals surface area contributed by atoms with Gasteiger partial charge < -0.3 is 9.47 Å². The Bertz CT molecular complexity index is 682. The van der Waals surface area contributed by atoms with Gasteiger partial charge in [-0.1, -0.05) is 12.1 Å². The maximum atomic E-state index is 13.8. The highest BCUT2D eigenvalue weighted by Gasteiger charge is 2.11. The van der Waals surface area contributed by atoms with Gasteiger partial charge in [-0.3, -0.25) is 0 Å². The van der Waals surface area contributed by atoms with Gasteiger partial charge in [-0.2, -0.15) is 5.26 Å². The van der Waals surface area contributed by atoms with Crippen molar-refractivity contribution in [2.75, 3.05) is 7.11 Å². The van der Waals surface area contributed by atoms with E-state index >= 15 is 0 Å². The summed E-state index contributed by atoms with van der Waals surface area (Å²) in [5, 5.41) is 8.93. The third-order valence-electron chi connectivity index (χ3n) is 2.97. The summed E-state index contributed by atoms with van der Waals surface area (Å²) in [6, 6.07) is 11.6. The van der Waals surface area contributed by atoms with Gasteiger partial charge in [0.05, 0.1) is 24.6 Å². The van der Waals surface area contributed by atoms with Crippen LogP contribution < -0.4 is 9.47 Å². The minimum Gasteiger partial charge on any atom is -0.496 e. The van der Waals surface area contributed by atoms with E-state index in [-0.39, 0.29) is 18.2 Å². The molecule has 0 heterocycles. The van der Waals surface area contributed by atoms with Crippen LogP contribution in [-0.4, -0.2) is 7.11 Å². The monoisotopic (exact) mass is 305 g/mol. The molecule has 0 aliphatic heterocycles. The van der Waals surface area contributed by atoms with Crippen molar-refractivity contribution in [3.8, 4) is 17.6 Å². The Labute approximate surface area is 127 Å². The Morgan fingerprint density at radius 1 is 1.24 bits per heavy atom. The van der Waals surface area contributed by atoms with Crippen LogP contribution in [0.25, 0.3) is 0 Å². The third-order valence-corrected chi connectivity index (χ3v) is 3.26. The Morgan fingerprint density at radius 2 is 2.05 bits per heavy atom. The molecule has 3 nitrogen and oxygen atoms in total. The fourth-order valence-electron chi connectivity index (χ4n) is 1.93. The van der Waals surface area contributed by atoms with Crippen molar-refractivity contribution in [3.05, 3.63) is 58.9 Å². The number of para-hydroxylation sites is 1. The molecule has 0 fully saturated rings. The van der Waals surface area contributed by atoms with Gasteiger partial charge in [0.25, 0.3) is 0 Å². The number of hydrogen-bond donors (Lipinski definition) is 0. The number of rotatable bonds is 5. The molecule has 0 aromatic heterocycles. The van der Waals surface area contributed by atoms with Crippen molar-refractivity contribution >= 4 is 11.6 Å². The van der Waals surface area contributed by atoms with Crippen LogP contribution in [0.2, 0.25) is 0 Å². The standard InChI is InChI=1S/C16H13ClFNO2/c1-20-15-6-5-11(9-19)7-13(15)10-21-16-12(8-17)3-2-4-14(16)18/h2-7H,8,10H2,1H3. The molecule has 108 valence electrons. The zero-order chi connectivity index (χ0) is 15.2. The van der Waals surface area contributed by atoms with Crippen LogP contribution in [0.5, 0.6) is 11.5 Å². The van der Waals surface area contributed by atoms with E-state index in [4.69, 9.17) is 26.3 Å². The minimum absolute atomic E-state index is 0.0868. The van der Waals surface area contributed by atoms with E-state index in [0.717, 1.165) is 0 Å². The maximum absolute atomic E-state index is 13.8. The average Bonchev–Trinajstić information content (AvgIpc) is 2.53. The number of nitrogens with zero attached hydrogens (tertiary/aromatic N) is 1. The normalized spacial score (nSPS) is 10.0. The molecule has 0 unspecified atom stereocenters. The van der Waals surface area contributed by atoms with Gasteiger partial charge in [0.15, 0.2) is 11.6 Å². The molecular weight excluding hydrogens is 293 g/mol. The van der Waals surface area contributed by atoms with E-state index in [1.165, 1.54) is 13.2 Å². The number of alkyl halides is 1. The van der Waals surface area contributed by atoms with E-state index in [2.05, 4.69) is 0 Å². The summed E-state index contributed by atoms with van der Waals surface area (Å²) in [5.41, 5.74) is 1.73. The molecule has 21 heavy (non-hydrogen) atoms. The molecule has 0 saturated heterocycles. The van der Waals surface area contributed by atoms with Gasteiger partial charge >= 0.3 is 0 Å². The lowest BCUT2D eigenvalue weighted by atomic mass is 10.1. The largest absolute Gasteiger partial charge is 0.496 e. The molecule has 2 rings (SSSR count). The topological polar surface area (TPSA) is 42.2 Å². The van der Waals surface area contributed by atoms with E-state index in [1.807, 2.05) is 6.07 Å². The minimum atomic E-state index is -0.469. The quantitative estimate of drug-likeness (QED) is 0.783. The van der Waals surface area contributed by atoms with Crippen molar-refractivity contribution in [3.63, 3.8) is 0 Å². The van der Waals surface area contributed by atoms with Crippen molar-refractivity contribution < 1.29 is 13.9 Å². The lowest BCUT2D eigenvalue weighted by molar-refractivity contribution is 0.280. The third kappa shape index (κ3) is 3.45. The zero-order valence-corrected chi connectivity index (χ0v) is 12.2. The summed E-state index contributed by atoms with van der Waals surface area (Å²) < 4.78 is 24.5. The average molecular weight is 306 g/mol. The molecule has 0 aliphatic carbocycles. The van der Waals surface area contributed by atoms with E-state index in [0.29, 0.717) is 22.4 Å². The first-order chi connectivity index (χ1) is 10.2. The number of benzene rings is 2. The first-order valence-electron chi connectivity index (χ1n) is 6.22. The summed E-state index contributed by atoms with van der Waals surface area (Å²) in [5.74, 6) is 0.390. The molecule has 5 heteroatoms. The van der Waals surface area contributed by atoms with Gasteiger partial charge in [0.1, 0.15) is 12.4 Å². The summed E-state index contributed by atoms with van der Waals surface area (Å²) >= 11 is 5.78. The molecule has 0 spiro atoms. The van der Waals surface area contributed by atoms with E-state index < -0.39 is 5.82 Å². The van der Waals surface area contributed by atoms with Gasteiger partial charge in [0.2, 0.25) is 0 Å². The fraction of sp³-hybridized carbons (Fsp3) is 0.188. The second-order valence-corrected chi connectivity index (χ2v) is 4.56. The van der Waals surface area contributed by atoms with E-state index in [1.54, 1.807) is 30.3 Å². The summed E-state index contributed by atoms with van der Waals surface area (Å²) in [6.45, 7) is 0.0868. The molecular formula is C16H13ClFNO2. The highest BCUT2D eigenvalue weighted by Crippen LogP contribution is 2.27. The molecule has 2 aromatic rings. The highest BCUT2D eigenvalue weighted by molar-refractivity contribution is 6.17. The zero-order valence-electron chi connectivity index (χ0n) is 11.4. The van der Waals surface area contributed by atoms with Crippen LogP contribution in [0.1, 0.15) is 16.7 Å². The lowest BCUT2D eigenvalue weighted by Gasteiger charge is -2.13. The van der Waals surface area contributed by atoms with Gasteiger partial charge in [-0.05, 0) is 24.3 Å². The lowest BCUT2D eigenvalue weighted by Crippen LogP contribution is -2.02. The molecule has 0 atom stereocenters. The molecule has 2 aromatic carbocycles. The molecule has 0 saturated carbocycles. The second kappa shape index (κ2) is 6.96. The summed E-state index contributed by atoms with van der Waals surface area (Å²) in [6.07, 6.45) is 0. The number of methoxy groups -OCH3 is 1. The Morgan fingerprint density at radius 3 is 2.71 bits per heavy atom. The molecule has 0 aliphatic rings. The Kier molecular flexibility index (Phi) is 5.02. The maximum Gasteiger partial charge on any atom is 0.165 e. The summed E-state index contributed by atoms with van der Waals surface area (Å²) in [4.78, 5) is 0. The molecule has 0 radical (unpaired) electrons. The molecule has 0 N–H and O–H groups in total. The predicted octanol–water partition coefficient (Wildman–Crippen LogP) is 4.02. The van der Waals surface area contributed by atoms with Crippen LogP contribution in [0, 0.1) is 17.1 Å². The van der Waals surface area contributed by atoms with Gasteiger partial charge in [-0.25, -0.2) is 4.39 Å². The van der Waals surface area contributed by atoms with Crippen LogP contribution in [-0.2, 0) is 12.5 Å². The first kappa shape index (κ1) is 15.1. The highest BCUT2D eigenvalue weighted by atomic mass is 35.5. The molecule has 0 bridgehead atoms. The van der Waals surface area contributed by atoms with Crippen LogP contribution in [0.15, 0.2) is 36.4 Å². The fourth-order valence-corrected chi connectivity index (χ4v) is 2.14. The SMILES string of the molecule is COc1ccc(C#N)cc1COc1c(F)cccc1CCl. The number of halogens is 2. The van der Waals surface area contributed by atoms with Gasteiger partial charge in [0, 0.05) is 11.1 Å². The van der Waals surface area contributed by atoms with E-state index in [9.17, 15) is 4.39 Å². The first-order valence-corrected chi connectivity index (χ1v) is 6.76. The predicted molar refractivity (Wildman–Crippen MR) is 78.0 cm³/mol. The second-order valence-electron chi connectivity index (χ2n) is 4.29. The Balaban J connectivity index is 2.26. The van der Waals surface area contributed by atoms with Crippen LogP contribution in [0.3, 0.4) is 0 Å². The summed E-state index contributed by atoms with van der Waals surface area (Å²) in [7, 11) is 1.53. The smallest absolute Gasteiger partial charge is 0.165 e. The van der Waals surface area contributed by atoms with Crippen LogP contribution in [0.4, 0.5) is 4.39 Å². The van der Waals surface area contributed by atoms with Gasteiger partial charge in [-0.15, -0.1) is 11.6 Å². The van der Waals surface area contributed by atoms with Crippen molar-refractivity contribution in [1.82, 2.24) is 0 Å². The number of nitriles is 1. The molecule has 0 amide bonds. The van der Waals surface area contributed by atoms with Crippen molar-refractivity contribution in [1.29, 1.82) is 5.26 Å². The van der Waals surface area contributed by atoms with Crippen molar-refractivity contribution in [2.24, 2.45) is 0 Å². The van der Waals surface area contributed by atoms with Crippen molar-refractivity contribution in [2.45, 2.75) is 12.5 Å². The Hall–Kier alpha value is -2.25. The van der Waals surface area contributed by atoms with Crippen LogP contribution >= 0.6 is 11.6 Å².